The van der Waals surface area contributed by atoms with Crippen LogP contribution in [0.3, 0.4) is 0 Å². The number of ether oxygens (including phenoxy) is 1. The number of nitro benzene ring substituents is 1. The number of hydrogen-bond donors (Lipinski definition) is 2. The molecule has 23 heavy (non-hydrogen) atoms. The van der Waals surface area contributed by atoms with E-state index in [0.29, 0.717) is 24.2 Å². The number of aromatic hydroxyl groups is 1. The van der Waals surface area contributed by atoms with Gasteiger partial charge >= 0.3 is 0 Å². The molecule has 0 bridgehead atoms. The Kier molecular flexibility index (Phi) is 3.92. The fourth-order valence-corrected chi connectivity index (χ4v) is 3.24. The predicted octanol–water partition coefficient (Wildman–Crippen LogP) is 2.75. The molecule has 120 valence electrons. The van der Waals surface area contributed by atoms with E-state index in [-0.39, 0.29) is 11.4 Å². The summed E-state index contributed by atoms with van der Waals surface area (Å²) in [6.45, 7) is 0. The van der Waals surface area contributed by atoms with E-state index in [2.05, 4.69) is 0 Å². The van der Waals surface area contributed by atoms with Gasteiger partial charge in [-0.25, -0.2) is 0 Å². The van der Waals surface area contributed by atoms with Crippen LogP contribution in [0.25, 0.3) is 0 Å². The number of phenolic OH excluding ortho intramolecular Hbond substituents is 1. The van der Waals surface area contributed by atoms with Gasteiger partial charge in [0.15, 0.2) is 0 Å². The second-order valence-electron chi connectivity index (χ2n) is 5.65. The third-order valence-corrected chi connectivity index (χ3v) is 4.33. The molecule has 2 atom stereocenters. The van der Waals surface area contributed by atoms with Crippen molar-refractivity contribution in [2.24, 2.45) is 0 Å². The van der Waals surface area contributed by atoms with Gasteiger partial charge in [0.05, 0.1) is 24.2 Å². The number of aliphatic hydroxyl groups is 1. The highest BCUT2D eigenvalue weighted by Gasteiger charge is 2.34. The Balaban J connectivity index is 2.16. The number of phenols is 1. The maximum absolute atomic E-state index is 11.4. The van der Waals surface area contributed by atoms with Crippen LogP contribution in [0.5, 0.6) is 11.5 Å². The van der Waals surface area contributed by atoms with Crippen molar-refractivity contribution in [2.45, 2.75) is 24.9 Å². The quantitative estimate of drug-likeness (QED) is 0.671. The Labute approximate surface area is 133 Å². The first kappa shape index (κ1) is 15.3. The molecule has 0 heterocycles. The Hall–Kier alpha value is -2.60. The number of nitrogens with zero attached hydrogens (tertiary/aromatic N) is 1. The molecule has 1 aliphatic rings. The molecule has 0 aliphatic heterocycles. The van der Waals surface area contributed by atoms with Crippen LogP contribution in [-0.2, 0) is 6.42 Å². The molecule has 0 spiro atoms. The molecular weight excluding hydrogens is 298 g/mol. The maximum atomic E-state index is 11.4. The van der Waals surface area contributed by atoms with Crippen molar-refractivity contribution < 1.29 is 19.9 Å². The molecule has 2 N–H and O–H groups in total. The van der Waals surface area contributed by atoms with Crippen molar-refractivity contribution in [1.82, 2.24) is 0 Å². The third-order valence-electron chi connectivity index (χ3n) is 4.33. The molecule has 2 aromatic carbocycles. The summed E-state index contributed by atoms with van der Waals surface area (Å²) in [6, 6.07) is 9.59. The molecule has 0 saturated heterocycles. The zero-order valence-electron chi connectivity index (χ0n) is 12.6. The Morgan fingerprint density at radius 2 is 1.96 bits per heavy atom. The monoisotopic (exact) mass is 315 g/mol. The zero-order valence-corrected chi connectivity index (χ0v) is 12.6. The van der Waals surface area contributed by atoms with Gasteiger partial charge in [-0.05, 0) is 48.2 Å². The van der Waals surface area contributed by atoms with Crippen LogP contribution < -0.4 is 4.74 Å². The van der Waals surface area contributed by atoms with Gasteiger partial charge in [-0.2, -0.15) is 0 Å². The van der Waals surface area contributed by atoms with Gasteiger partial charge in [0.25, 0.3) is 5.69 Å². The van der Waals surface area contributed by atoms with Crippen LogP contribution in [0.4, 0.5) is 5.69 Å². The number of hydrogen-bond acceptors (Lipinski definition) is 5. The van der Waals surface area contributed by atoms with E-state index in [1.165, 1.54) is 13.2 Å². The molecular formula is C17H17NO5. The van der Waals surface area contributed by atoms with Gasteiger partial charge < -0.3 is 14.9 Å². The van der Waals surface area contributed by atoms with Crippen LogP contribution in [0.15, 0.2) is 36.4 Å². The molecule has 6 nitrogen and oxygen atoms in total. The first-order valence-electron chi connectivity index (χ1n) is 7.33. The van der Waals surface area contributed by atoms with Gasteiger partial charge in [0.1, 0.15) is 11.5 Å². The van der Waals surface area contributed by atoms with Gasteiger partial charge in [0, 0.05) is 11.5 Å². The maximum Gasteiger partial charge on any atom is 0.277 e. The molecule has 0 saturated carbocycles. The van der Waals surface area contributed by atoms with Crippen molar-refractivity contribution in [3.8, 4) is 11.5 Å². The number of nitro groups is 1. The number of aliphatic hydroxyl groups excluding tert-OH is 1. The summed E-state index contributed by atoms with van der Waals surface area (Å²) in [5.41, 5.74) is 2.10. The molecule has 0 radical (unpaired) electrons. The molecule has 1 aliphatic carbocycles. The standard InChI is InChI=1S/C17H17NO5/c1-23-12-4-6-14(15(9-12)18(21)22)17-13-5-3-11(19)8-10(13)2-7-16(17)20/h3-6,8-9,16-17,19-20H,2,7H2,1H3. The number of fused-ring (bicyclic) bond motifs is 1. The third kappa shape index (κ3) is 2.73. The number of aryl methyl sites for hydroxylation is 1. The zero-order chi connectivity index (χ0) is 16.6. The summed E-state index contributed by atoms with van der Waals surface area (Å²) in [7, 11) is 1.45. The normalized spacial score (nSPS) is 19.9. The van der Waals surface area contributed by atoms with E-state index in [4.69, 9.17) is 4.74 Å². The Bertz CT molecular complexity index is 759. The van der Waals surface area contributed by atoms with Crippen molar-refractivity contribution in [1.29, 1.82) is 0 Å². The first-order chi connectivity index (χ1) is 11.0. The van der Waals surface area contributed by atoms with Crippen molar-refractivity contribution >= 4 is 5.69 Å². The lowest BCUT2D eigenvalue weighted by Gasteiger charge is -2.30. The summed E-state index contributed by atoms with van der Waals surface area (Å²) in [4.78, 5) is 11.0. The van der Waals surface area contributed by atoms with Crippen LogP contribution in [0.2, 0.25) is 0 Å². The van der Waals surface area contributed by atoms with E-state index >= 15 is 0 Å². The van der Waals surface area contributed by atoms with Crippen molar-refractivity contribution in [2.75, 3.05) is 7.11 Å². The number of methoxy groups -OCH3 is 1. The summed E-state index contributed by atoms with van der Waals surface area (Å²) in [5, 5.41) is 31.5. The van der Waals surface area contributed by atoms with E-state index in [9.17, 15) is 20.3 Å². The second kappa shape index (κ2) is 5.89. The predicted molar refractivity (Wildman–Crippen MR) is 83.9 cm³/mol. The number of rotatable bonds is 3. The second-order valence-corrected chi connectivity index (χ2v) is 5.65. The minimum absolute atomic E-state index is 0.0747. The van der Waals surface area contributed by atoms with Crippen LogP contribution in [-0.4, -0.2) is 28.4 Å². The summed E-state index contributed by atoms with van der Waals surface area (Å²) >= 11 is 0. The molecule has 2 aromatic rings. The van der Waals surface area contributed by atoms with Gasteiger partial charge in [-0.1, -0.05) is 6.07 Å². The smallest absolute Gasteiger partial charge is 0.277 e. The summed E-state index contributed by atoms with van der Waals surface area (Å²) in [5.74, 6) is 0.0606. The fourth-order valence-electron chi connectivity index (χ4n) is 3.24. The largest absolute Gasteiger partial charge is 0.508 e. The molecule has 0 amide bonds. The van der Waals surface area contributed by atoms with Crippen molar-refractivity contribution in [3.63, 3.8) is 0 Å². The highest BCUT2D eigenvalue weighted by molar-refractivity contribution is 5.54. The highest BCUT2D eigenvalue weighted by atomic mass is 16.6. The van der Waals surface area contributed by atoms with Crippen LogP contribution >= 0.6 is 0 Å². The molecule has 6 heteroatoms. The summed E-state index contributed by atoms with van der Waals surface area (Å²) < 4.78 is 5.06. The highest BCUT2D eigenvalue weighted by Crippen LogP contribution is 2.42. The van der Waals surface area contributed by atoms with Crippen LogP contribution in [0, 0.1) is 10.1 Å². The topological polar surface area (TPSA) is 92.8 Å². The van der Waals surface area contributed by atoms with Gasteiger partial charge in [-0.3, -0.25) is 10.1 Å². The fraction of sp³-hybridized carbons (Fsp3) is 0.294. The SMILES string of the molecule is COc1ccc(C2c3ccc(O)cc3CCC2O)c([N+](=O)[O-])c1. The average Bonchev–Trinajstić information content (AvgIpc) is 2.54. The molecule has 0 aromatic heterocycles. The summed E-state index contributed by atoms with van der Waals surface area (Å²) in [6.07, 6.45) is 0.412. The van der Waals surface area contributed by atoms with E-state index in [1.807, 2.05) is 0 Å². The molecule has 2 unspecified atom stereocenters. The van der Waals surface area contributed by atoms with Crippen molar-refractivity contribution in [3.05, 3.63) is 63.2 Å². The molecule has 3 rings (SSSR count). The van der Waals surface area contributed by atoms with E-state index in [0.717, 1.165) is 11.1 Å². The lowest BCUT2D eigenvalue weighted by atomic mass is 9.76. The lowest BCUT2D eigenvalue weighted by Crippen LogP contribution is -2.26. The first-order valence-corrected chi connectivity index (χ1v) is 7.33. The lowest BCUT2D eigenvalue weighted by molar-refractivity contribution is -0.385. The number of benzene rings is 2. The van der Waals surface area contributed by atoms with E-state index < -0.39 is 16.9 Å². The van der Waals surface area contributed by atoms with Gasteiger partial charge in [0.2, 0.25) is 0 Å². The Morgan fingerprint density at radius 3 is 2.65 bits per heavy atom. The minimum Gasteiger partial charge on any atom is -0.508 e. The Morgan fingerprint density at radius 1 is 1.22 bits per heavy atom. The van der Waals surface area contributed by atoms with Crippen LogP contribution in [0.1, 0.15) is 29.0 Å². The van der Waals surface area contributed by atoms with E-state index in [1.54, 1.807) is 30.3 Å². The average molecular weight is 315 g/mol. The minimum atomic E-state index is -0.709. The van der Waals surface area contributed by atoms with Gasteiger partial charge in [-0.15, -0.1) is 0 Å². The molecule has 0 fully saturated rings.